The summed E-state index contributed by atoms with van der Waals surface area (Å²) in [6, 6.07) is 15.1. The van der Waals surface area contributed by atoms with Crippen LogP contribution in [0.25, 0.3) is 6.08 Å². The molecule has 4 rings (SSSR count). The number of halogens is 1. The predicted octanol–water partition coefficient (Wildman–Crippen LogP) is 4.72. The number of para-hydroxylation sites is 1. The fraction of sp³-hybridized carbons (Fsp3) is 0.227. The molecule has 2 aliphatic heterocycles. The zero-order valence-electron chi connectivity index (χ0n) is 16.1. The van der Waals surface area contributed by atoms with E-state index in [1.165, 1.54) is 18.5 Å². The van der Waals surface area contributed by atoms with Crippen molar-refractivity contribution in [3.05, 3.63) is 63.5 Å². The van der Waals surface area contributed by atoms with Crippen LogP contribution < -0.4 is 10.2 Å². The Bertz CT molecular complexity index is 1020. The number of hydrogen-bond donors (Lipinski definition) is 1. The van der Waals surface area contributed by atoms with Crippen LogP contribution >= 0.6 is 27.7 Å². The van der Waals surface area contributed by atoms with Crippen LogP contribution in [0.15, 0.2) is 57.9 Å². The van der Waals surface area contributed by atoms with Crippen molar-refractivity contribution < 1.29 is 14.4 Å². The summed E-state index contributed by atoms with van der Waals surface area (Å²) in [4.78, 5) is 40.9. The number of nitrogens with zero attached hydrogens (tertiary/aromatic N) is 2. The van der Waals surface area contributed by atoms with E-state index in [0.717, 1.165) is 39.8 Å². The number of carbonyl (C=O) groups excluding carboxylic acids is 3. The number of benzene rings is 2. The molecule has 0 unspecified atom stereocenters. The van der Waals surface area contributed by atoms with E-state index in [2.05, 4.69) is 26.1 Å². The van der Waals surface area contributed by atoms with E-state index < -0.39 is 17.1 Å². The molecule has 2 saturated heterocycles. The summed E-state index contributed by atoms with van der Waals surface area (Å²) >= 11 is 4.21. The van der Waals surface area contributed by atoms with Crippen molar-refractivity contribution in [1.82, 2.24) is 4.90 Å². The number of hydrogen-bond acceptors (Lipinski definition) is 5. The monoisotopic (exact) mass is 485 g/mol. The lowest BCUT2D eigenvalue weighted by Gasteiger charge is -2.17. The number of imide groups is 1. The molecule has 1 N–H and O–H groups in total. The zero-order chi connectivity index (χ0) is 21.1. The van der Waals surface area contributed by atoms with Gasteiger partial charge < -0.3 is 10.2 Å². The van der Waals surface area contributed by atoms with Gasteiger partial charge in [-0.3, -0.25) is 19.3 Å². The molecule has 2 fully saturated rings. The molecular weight excluding hydrogens is 466 g/mol. The molecule has 0 atom stereocenters. The van der Waals surface area contributed by atoms with E-state index in [9.17, 15) is 14.4 Å². The SMILES string of the molecule is O=C(CN1C(=O)S/C(=C/c2ccc(N3CCCC3)cc2)C1=O)Nc1ccccc1Br. The first kappa shape index (κ1) is 20.7. The van der Waals surface area contributed by atoms with Crippen LogP contribution in [0.5, 0.6) is 0 Å². The van der Waals surface area contributed by atoms with Gasteiger partial charge in [-0.05, 0) is 76.4 Å². The highest BCUT2D eigenvalue weighted by atomic mass is 79.9. The molecule has 0 aromatic heterocycles. The summed E-state index contributed by atoms with van der Waals surface area (Å²) in [5.74, 6) is -0.878. The fourth-order valence-corrected chi connectivity index (χ4v) is 4.66. The quantitative estimate of drug-likeness (QED) is 0.620. The normalized spacial score (nSPS) is 17.8. The van der Waals surface area contributed by atoms with Crippen LogP contribution in [0.4, 0.5) is 16.2 Å². The highest BCUT2D eigenvalue weighted by Crippen LogP contribution is 2.32. The summed E-state index contributed by atoms with van der Waals surface area (Å²) in [5, 5.41) is 2.27. The van der Waals surface area contributed by atoms with Crippen molar-refractivity contribution in [3.63, 3.8) is 0 Å². The number of carbonyl (C=O) groups is 3. The number of nitrogens with one attached hydrogen (secondary N) is 1. The Labute approximate surface area is 187 Å². The van der Waals surface area contributed by atoms with E-state index in [1.54, 1.807) is 24.3 Å². The van der Waals surface area contributed by atoms with Gasteiger partial charge in [0.2, 0.25) is 5.91 Å². The molecule has 2 aromatic rings. The maximum Gasteiger partial charge on any atom is 0.294 e. The highest BCUT2D eigenvalue weighted by Gasteiger charge is 2.36. The van der Waals surface area contributed by atoms with E-state index in [0.29, 0.717) is 10.6 Å². The zero-order valence-corrected chi connectivity index (χ0v) is 18.5. The van der Waals surface area contributed by atoms with Crippen LogP contribution in [-0.2, 0) is 9.59 Å². The van der Waals surface area contributed by atoms with Gasteiger partial charge in [0, 0.05) is 23.2 Å². The number of anilines is 2. The third kappa shape index (κ3) is 4.60. The molecule has 0 bridgehead atoms. The summed E-state index contributed by atoms with van der Waals surface area (Å²) in [7, 11) is 0. The molecule has 2 aromatic carbocycles. The average Bonchev–Trinajstić information content (AvgIpc) is 3.35. The largest absolute Gasteiger partial charge is 0.372 e. The molecule has 2 aliphatic rings. The number of rotatable bonds is 5. The minimum atomic E-state index is -0.448. The van der Waals surface area contributed by atoms with Crippen molar-refractivity contribution in [2.24, 2.45) is 0 Å². The molecule has 0 saturated carbocycles. The first-order chi connectivity index (χ1) is 14.5. The lowest BCUT2D eigenvalue weighted by molar-refractivity contribution is -0.127. The summed E-state index contributed by atoms with van der Waals surface area (Å²) < 4.78 is 0.727. The standard InChI is InChI=1S/C22H20BrN3O3S/c23-17-5-1-2-6-18(17)24-20(27)14-26-21(28)19(30-22(26)29)13-15-7-9-16(10-8-15)25-11-3-4-12-25/h1-2,5-10,13H,3-4,11-12,14H2,(H,24,27)/b19-13+. The molecular formula is C22H20BrN3O3S. The predicted molar refractivity (Wildman–Crippen MR) is 123 cm³/mol. The van der Waals surface area contributed by atoms with Crippen LogP contribution in [0.1, 0.15) is 18.4 Å². The van der Waals surface area contributed by atoms with Gasteiger partial charge in [0.1, 0.15) is 6.54 Å². The Balaban J connectivity index is 1.41. The lowest BCUT2D eigenvalue weighted by atomic mass is 10.2. The van der Waals surface area contributed by atoms with Gasteiger partial charge in [-0.15, -0.1) is 0 Å². The second kappa shape index (κ2) is 9.06. The molecule has 0 aliphatic carbocycles. The Morgan fingerprint density at radius 2 is 1.77 bits per heavy atom. The van der Waals surface area contributed by atoms with Crippen molar-refractivity contribution in [3.8, 4) is 0 Å². The molecule has 6 nitrogen and oxygen atoms in total. The maximum atomic E-state index is 12.7. The van der Waals surface area contributed by atoms with E-state index in [4.69, 9.17) is 0 Å². The second-order valence-electron chi connectivity index (χ2n) is 7.08. The highest BCUT2D eigenvalue weighted by molar-refractivity contribution is 9.10. The minimum absolute atomic E-state index is 0.322. The van der Waals surface area contributed by atoms with Crippen molar-refractivity contribution in [1.29, 1.82) is 0 Å². The Kier molecular flexibility index (Phi) is 6.24. The molecule has 30 heavy (non-hydrogen) atoms. The van der Waals surface area contributed by atoms with E-state index in [1.807, 2.05) is 30.3 Å². The third-order valence-electron chi connectivity index (χ3n) is 4.99. The van der Waals surface area contributed by atoms with Crippen molar-refractivity contribution >= 4 is 62.2 Å². The number of amides is 3. The second-order valence-corrected chi connectivity index (χ2v) is 8.93. The van der Waals surface area contributed by atoms with E-state index >= 15 is 0 Å². The molecule has 3 amide bonds. The van der Waals surface area contributed by atoms with E-state index in [-0.39, 0.29) is 6.54 Å². The molecule has 0 spiro atoms. The first-order valence-electron chi connectivity index (χ1n) is 9.66. The van der Waals surface area contributed by atoms with Gasteiger partial charge in [-0.2, -0.15) is 0 Å². The van der Waals surface area contributed by atoms with Gasteiger partial charge in [0.15, 0.2) is 0 Å². The Morgan fingerprint density at radius 1 is 1.07 bits per heavy atom. The lowest BCUT2D eigenvalue weighted by Crippen LogP contribution is -2.36. The summed E-state index contributed by atoms with van der Waals surface area (Å²) in [6.45, 7) is 1.82. The molecule has 154 valence electrons. The van der Waals surface area contributed by atoms with Gasteiger partial charge >= 0.3 is 0 Å². The van der Waals surface area contributed by atoms with Crippen LogP contribution in [0, 0.1) is 0 Å². The van der Waals surface area contributed by atoms with Crippen LogP contribution in [-0.4, -0.2) is 41.6 Å². The maximum absolute atomic E-state index is 12.7. The van der Waals surface area contributed by atoms with Crippen LogP contribution in [0.2, 0.25) is 0 Å². The molecule has 8 heteroatoms. The Morgan fingerprint density at radius 3 is 2.47 bits per heavy atom. The topological polar surface area (TPSA) is 69.7 Å². The third-order valence-corrected chi connectivity index (χ3v) is 6.58. The van der Waals surface area contributed by atoms with Gasteiger partial charge in [-0.25, -0.2) is 0 Å². The first-order valence-corrected chi connectivity index (χ1v) is 11.3. The van der Waals surface area contributed by atoms with Gasteiger partial charge in [-0.1, -0.05) is 24.3 Å². The average molecular weight is 486 g/mol. The van der Waals surface area contributed by atoms with Gasteiger partial charge in [0.25, 0.3) is 11.1 Å². The smallest absolute Gasteiger partial charge is 0.294 e. The van der Waals surface area contributed by atoms with Gasteiger partial charge in [0.05, 0.1) is 10.6 Å². The van der Waals surface area contributed by atoms with Crippen molar-refractivity contribution in [2.75, 3.05) is 29.9 Å². The Hall–Kier alpha value is -2.58. The summed E-state index contributed by atoms with van der Waals surface area (Å²) in [6.07, 6.45) is 4.12. The fourth-order valence-electron chi connectivity index (χ4n) is 3.44. The number of thioether (sulfide) groups is 1. The summed E-state index contributed by atoms with van der Waals surface area (Å²) in [5.41, 5.74) is 2.60. The van der Waals surface area contributed by atoms with Crippen LogP contribution in [0.3, 0.4) is 0 Å². The van der Waals surface area contributed by atoms with Crippen molar-refractivity contribution in [2.45, 2.75) is 12.8 Å². The molecule has 2 heterocycles. The minimum Gasteiger partial charge on any atom is -0.372 e. The molecule has 0 radical (unpaired) electrons.